The molecule has 0 heterocycles. The lowest BCUT2D eigenvalue weighted by atomic mass is 9.76. The second-order valence-corrected chi connectivity index (χ2v) is 6.86. The van der Waals surface area contributed by atoms with Crippen LogP contribution in [-0.2, 0) is 4.79 Å². The smallest absolute Gasteiger partial charge is 0.133 e. The maximum Gasteiger partial charge on any atom is 0.133 e. The Hall–Kier alpha value is -0.330. The van der Waals surface area contributed by atoms with Crippen LogP contribution >= 0.6 is 0 Å². The van der Waals surface area contributed by atoms with Gasteiger partial charge in [0.15, 0.2) is 0 Å². The van der Waals surface area contributed by atoms with E-state index >= 15 is 0 Å². The van der Waals surface area contributed by atoms with Gasteiger partial charge >= 0.3 is 0 Å². The molecule has 1 aliphatic rings. The first-order chi connectivity index (χ1) is 7.97. The van der Waals surface area contributed by atoms with Crippen LogP contribution < -0.4 is 0 Å². The molecule has 100 valence electrons. The predicted octanol–water partition coefficient (Wildman–Crippen LogP) is 4.84. The number of rotatable bonds is 6. The number of Topliss-reactive ketones (excluding diaryl/α,β-unsaturated/α-hetero) is 1. The number of hydrogen-bond donors (Lipinski definition) is 0. The first-order valence-electron chi connectivity index (χ1n) is 7.49. The lowest BCUT2D eigenvalue weighted by Crippen LogP contribution is -2.19. The highest BCUT2D eigenvalue weighted by atomic mass is 16.1. The molecule has 1 saturated carbocycles. The zero-order chi connectivity index (χ0) is 12.8. The molecule has 0 amide bonds. The molecule has 0 spiro atoms. The fourth-order valence-electron chi connectivity index (χ4n) is 3.20. The molecule has 0 radical (unpaired) electrons. The van der Waals surface area contributed by atoms with Gasteiger partial charge in [-0.25, -0.2) is 0 Å². The Bertz CT molecular complexity index is 222. The maximum absolute atomic E-state index is 11.8. The number of ketones is 1. The fraction of sp³-hybridized carbons (Fsp3) is 0.938. The highest BCUT2D eigenvalue weighted by Gasteiger charge is 2.23. The van der Waals surface area contributed by atoms with E-state index in [1.165, 1.54) is 32.1 Å². The molecule has 0 N–H and O–H groups in total. The average Bonchev–Trinajstić information content (AvgIpc) is 2.18. The van der Waals surface area contributed by atoms with Crippen LogP contribution in [0.15, 0.2) is 0 Å². The summed E-state index contributed by atoms with van der Waals surface area (Å²) in [4.78, 5) is 11.8. The van der Waals surface area contributed by atoms with Crippen molar-refractivity contribution in [2.75, 3.05) is 0 Å². The van der Waals surface area contributed by atoms with Crippen LogP contribution in [-0.4, -0.2) is 5.78 Å². The van der Waals surface area contributed by atoms with Crippen molar-refractivity contribution in [3.63, 3.8) is 0 Å². The minimum atomic E-state index is 0.493. The van der Waals surface area contributed by atoms with Crippen molar-refractivity contribution in [3.05, 3.63) is 0 Å². The van der Waals surface area contributed by atoms with Crippen molar-refractivity contribution in [2.45, 2.75) is 72.6 Å². The summed E-state index contributed by atoms with van der Waals surface area (Å²) in [5.41, 5.74) is 0. The molecular weight excluding hydrogens is 208 g/mol. The second-order valence-electron chi connectivity index (χ2n) is 6.86. The molecule has 0 unspecified atom stereocenters. The fourth-order valence-corrected chi connectivity index (χ4v) is 3.20. The summed E-state index contributed by atoms with van der Waals surface area (Å²) in [5, 5.41) is 0. The predicted molar refractivity (Wildman–Crippen MR) is 74.0 cm³/mol. The van der Waals surface area contributed by atoms with E-state index in [0.29, 0.717) is 17.6 Å². The third-order valence-electron chi connectivity index (χ3n) is 3.92. The van der Waals surface area contributed by atoms with E-state index in [0.717, 1.165) is 24.7 Å². The maximum atomic E-state index is 11.8. The molecule has 1 rings (SSSR count). The van der Waals surface area contributed by atoms with Gasteiger partial charge in [0.1, 0.15) is 5.78 Å². The Balaban J connectivity index is 2.20. The van der Waals surface area contributed by atoms with Crippen molar-refractivity contribution in [1.29, 1.82) is 0 Å². The third-order valence-corrected chi connectivity index (χ3v) is 3.92. The topological polar surface area (TPSA) is 17.1 Å². The quantitative estimate of drug-likeness (QED) is 0.647. The summed E-state index contributed by atoms with van der Waals surface area (Å²) in [7, 11) is 0. The van der Waals surface area contributed by atoms with Crippen molar-refractivity contribution in [3.8, 4) is 0 Å². The zero-order valence-corrected chi connectivity index (χ0v) is 12.2. The van der Waals surface area contributed by atoms with Gasteiger partial charge in [-0.05, 0) is 42.9 Å². The van der Waals surface area contributed by atoms with Crippen molar-refractivity contribution in [2.24, 2.45) is 23.7 Å². The molecule has 1 nitrogen and oxygen atoms in total. The van der Waals surface area contributed by atoms with Crippen LogP contribution in [0.25, 0.3) is 0 Å². The van der Waals surface area contributed by atoms with E-state index in [2.05, 4.69) is 27.7 Å². The van der Waals surface area contributed by atoms with Gasteiger partial charge < -0.3 is 0 Å². The highest BCUT2D eigenvalue weighted by Crippen LogP contribution is 2.34. The van der Waals surface area contributed by atoms with Crippen molar-refractivity contribution < 1.29 is 4.79 Å². The lowest BCUT2D eigenvalue weighted by molar-refractivity contribution is -0.120. The van der Waals surface area contributed by atoms with E-state index in [-0.39, 0.29) is 0 Å². The van der Waals surface area contributed by atoms with Crippen LogP contribution in [0.1, 0.15) is 72.6 Å². The van der Waals surface area contributed by atoms with Gasteiger partial charge in [0.25, 0.3) is 0 Å². The molecular formula is C16H30O. The average molecular weight is 238 g/mol. The number of carbonyl (C=O) groups excluding carboxylic acids is 1. The minimum absolute atomic E-state index is 0.493. The molecule has 0 saturated heterocycles. The van der Waals surface area contributed by atoms with E-state index in [9.17, 15) is 4.79 Å². The van der Waals surface area contributed by atoms with Crippen LogP contribution in [0.3, 0.4) is 0 Å². The molecule has 0 aromatic carbocycles. The number of hydrogen-bond acceptors (Lipinski definition) is 1. The van der Waals surface area contributed by atoms with Gasteiger partial charge in [-0.2, -0.15) is 0 Å². The first kappa shape index (κ1) is 14.7. The van der Waals surface area contributed by atoms with Crippen molar-refractivity contribution in [1.82, 2.24) is 0 Å². The molecule has 0 aliphatic heterocycles. The molecule has 0 bridgehead atoms. The normalized spacial score (nSPS) is 25.5. The molecule has 1 heteroatoms. The van der Waals surface area contributed by atoms with Gasteiger partial charge in [-0.3, -0.25) is 4.79 Å². The summed E-state index contributed by atoms with van der Waals surface area (Å²) < 4.78 is 0. The standard InChI is InChI=1S/C16H30O/c1-12(2)9-14-5-7-15(8-6-14)11-16(17)10-13(3)4/h12-15H,5-11H2,1-4H3. The molecule has 0 aromatic rings. The second kappa shape index (κ2) is 7.18. The van der Waals surface area contributed by atoms with Crippen LogP contribution in [0.2, 0.25) is 0 Å². The van der Waals surface area contributed by atoms with Gasteiger partial charge in [0.2, 0.25) is 0 Å². The van der Waals surface area contributed by atoms with Crippen molar-refractivity contribution >= 4 is 5.78 Å². The van der Waals surface area contributed by atoms with Crippen LogP contribution in [0.5, 0.6) is 0 Å². The van der Waals surface area contributed by atoms with Crippen LogP contribution in [0, 0.1) is 23.7 Å². The van der Waals surface area contributed by atoms with E-state index in [1.54, 1.807) is 0 Å². The summed E-state index contributed by atoms with van der Waals surface area (Å²) in [6.45, 7) is 8.91. The Morgan fingerprint density at radius 3 is 1.94 bits per heavy atom. The van der Waals surface area contributed by atoms with E-state index in [4.69, 9.17) is 0 Å². The monoisotopic (exact) mass is 238 g/mol. The first-order valence-corrected chi connectivity index (χ1v) is 7.49. The summed E-state index contributed by atoms with van der Waals surface area (Å²) >= 11 is 0. The minimum Gasteiger partial charge on any atom is -0.300 e. The SMILES string of the molecule is CC(C)CC(=O)CC1CCC(CC(C)C)CC1. The largest absolute Gasteiger partial charge is 0.300 e. The Morgan fingerprint density at radius 1 is 0.941 bits per heavy atom. The van der Waals surface area contributed by atoms with E-state index in [1.807, 2.05) is 0 Å². The highest BCUT2D eigenvalue weighted by molar-refractivity contribution is 5.78. The van der Waals surface area contributed by atoms with Gasteiger partial charge in [0.05, 0.1) is 0 Å². The van der Waals surface area contributed by atoms with Crippen LogP contribution in [0.4, 0.5) is 0 Å². The molecule has 1 aliphatic carbocycles. The Labute approximate surface area is 107 Å². The molecule has 1 fully saturated rings. The zero-order valence-electron chi connectivity index (χ0n) is 12.2. The summed E-state index contributed by atoms with van der Waals surface area (Å²) in [5.74, 6) is 3.49. The Kier molecular flexibility index (Phi) is 6.22. The summed E-state index contributed by atoms with van der Waals surface area (Å²) in [6, 6.07) is 0. The molecule has 17 heavy (non-hydrogen) atoms. The lowest BCUT2D eigenvalue weighted by Gasteiger charge is -2.29. The summed E-state index contributed by atoms with van der Waals surface area (Å²) in [6.07, 6.45) is 8.32. The number of carbonyl (C=O) groups is 1. The van der Waals surface area contributed by atoms with Gasteiger partial charge in [-0.15, -0.1) is 0 Å². The molecule has 0 aromatic heterocycles. The van der Waals surface area contributed by atoms with Gasteiger partial charge in [-0.1, -0.05) is 40.5 Å². The Morgan fingerprint density at radius 2 is 1.47 bits per heavy atom. The third kappa shape index (κ3) is 6.24. The van der Waals surface area contributed by atoms with E-state index < -0.39 is 0 Å². The van der Waals surface area contributed by atoms with Gasteiger partial charge in [0, 0.05) is 12.8 Å². The molecule has 0 atom stereocenters.